The molecule has 94 valence electrons. The number of carbonyl (C=O) groups excluding carboxylic acids is 1. The lowest BCUT2D eigenvalue weighted by Gasteiger charge is -2.03. The Kier molecular flexibility index (Phi) is 2.76. The summed E-state index contributed by atoms with van der Waals surface area (Å²) in [7, 11) is 0. The van der Waals surface area contributed by atoms with Gasteiger partial charge in [0.05, 0.1) is 11.8 Å². The summed E-state index contributed by atoms with van der Waals surface area (Å²) in [6, 6.07) is 11.2. The zero-order valence-electron chi connectivity index (χ0n) is 10.3. The number of hydrogen-bond acceptors (Lipinski definition) is 4. The topological polar surface area (TPSA) is 51.8 Å². The van der Waals surface area contributed by atoms with E-state index < -0.39 is 5.97 Å². The van der Waals surface area contributed by atoms with Gasteiger partial charge in [0.2, 0.25) is 0 Å². The van der Waals surface area contributed by atoms with Gasteiger partial charge in [0.25, 0.3) is 0 Å². The quantitative estimate of drug-likeness (QED) is 0.610. The normalized spacial score (nSPS) is 16.6. The Balaban J connectivity index is 2.07. The van der Waals surface area contributed by atoms with Crippen LogP contribution in [0.25, 0.3) is 6.08 Å². The molecule has 1 aliphatic heterocycles. The Morgan fingerprint density at radius 2 is 2.00 bits per heavy atom. The van der Waals surface area contributed by atoms with Crippen LogP contribution in [0.2, 0.25) is 0 Å². The highest BCUT2D eigenvalue weighted by Gasteiger charge is 2.27. The van der Waals surface area contributed by atoms with Crippen LogP contribution in [0.15, 0.2) is 57.8 Å². The van der Waals surface area contributed by atoms with Crippen LogP contribution in [0, 0.1) is 6.92 Å². The van der Waals surface area contributed by atoms with E-state index in [1.165, 1.54) is 0 Å². The number of rotatable bonds is 2. The van der Waals surface area contributed by atoms with E-state index in [-0.39, 0.29) is 0 Å². The van der Waals surface area contributed by atoms with Gasteiger partial charge in [-0.15, -0.1) is 0 Å². The summed E-state index contributed by atoms with van der Waals surface area (Å²) in [5.41, 5.74) is 2.86. The Bertz CT molecular complexity index is 681. The second-order valence-corrected chi connectivity index (χ2v) is 4.21. The number of furan rings is 1. The molecule has 0 spiro atoms. The monoisotopic (exact) mass is 253 g/mol. The molecule has 1 aliphatic rings. The van der Waals surface area contributed by atoms with Crippen molar-refractivity contribution in [3.63, 3.8) is 0 Å². The number of carbonyl (C=O) groups is 1. The van der Waals surface area contributed by atoms with E-state index in [0.717, 1.165) is 11.1 Å². The smallest absolute Gasteiger partial charge is 0.368 e. The van der Waals surface area contributed by atoms with Gasteiger partial charge in [0, 0.05) is 5.56 Å². The Morgan fingerprint density at radius 1 is 1.16 bits per heavy atom. The van der Waals surface area contributed by atoms with Gasteiger partial charge in [-0.25, -0.2) is 4.79 Å². The van der Waals surface area contributed by atoms with Crippen molar-refractivity contribution >= 4 is 17.8 Å². The number of nitrogens with zero attached hydrogens (tertiary/aromatic N) is 1. The maximum absolute atomic E-state index is 11.7. The fourth-order valence-electron chi connectivity index (χ4n) is 1.96. The van der Waals surface area contributed by atoms with E-state index in [4.69, 9.17) is 9.25 Å². The summed E-state index contributed by atoms with van der Waals surface area (Å²) < 4.78 is 5.22. The molecule has 0 saturated heterocycles. The van der Waals surface area contributed by atoms with E-state index in [1.807, 2.05) is 31.2 Å². The van der Waals surface area contributed by atoms with E-state index in [9.17, 15) is 4.79 Å². The fraction of sp³-hybridized carbons (Fsp3) is 0.0667. The summed E-state index contributed by atoms with van der Waals surface area (Å²) in [6.45, 7) is 1.96. The standard InChI is InChI=1S/C15H11NO3/c1-10-5-2-3-7-12(10)14-13(15(17)19-16-14)9-11-6-4-8-18-11/h2-9H,1H3. The van der Waals surface area contributed by atoms with Crippen LogP contribution in [0.4, 0.5) is 0 Å². The van der Waals surface area contributed by atoms with Crippen molar-refractivity contribution in [1.29, 1.82) is 0 Å². The molecule has 0 bridgehead atoms. The summed E-state index contributed by atoms with van der Waals surface area (Å²) in [4.78, 5) is 16.5. The van der Waals surface area contributed by atoms with Crippen LogP contribution in [-0.4, -0.2) is 11.7 Å². The Hall–Kier alpha value is -2.62. The van der Waals surface area contributed by atoms with Gasteiger partial charge in [-0.2, -0.15) is 0 Å². The summed E-state index contributed by atoms with van der Waals surface area (Å²) in [6.07, 6.45) is 3.19. The Morgan fingerprint density at radius 3 is 2.74 bits per heavy atom. The van der Waals surface area contributed by atoms with Gasteiger partial charge in [-0.3, -0.25) is 0 Å². The molecule has 1 aromatic carbocycles. The summed E-state index contributed by atoms with van der Waals surface area (Å²) in [5, 5.41) is 3.87. The predicted molar refractivity (Wildman–Crippen MR) is 70.5 cm³/mol. The molecule has 0 atom stereocenters. The van der Waals surface area contributed by atoms with Crippen molar-refractivity contribution < 1.29 is 14.0 Å². The number of hydrogen-bond donors (Lipinski definition) is 0. The van der Waals surface area contributed by atoms with Gasteiger partial charge in [-0.05, 0) is 30.7 Å². The number of aryl methyl sites for hydroxylation is 1. The first kappa shape index (κ1) is 11.5. The molecule has 1 aromatic heterocycles. The van der Waals surface area contributed by atoms with Crippen molar-refractivity contribution in [2.75, 3.05) is 0 Å². The molecule has 4 nitrogen and oxygen atoms in total. The predicted octanol–water partition coefficient (Wildman–Crippen LogP) is 2.93. The number of benzene rings is 1. The molecule has 0 N–H and O–H groups in total. The Labute approximate surface area is 110 Å². The third kappa shape index (κ3) is 2.08. The van der Waals surface area contributed by atoms with Crippen molar-refractivity contribution in [3.05, 3.63) is 65.1 Å². The van der Waals surface area contributed by atoms with Crippen LogP contribution in [0.3, 0.4) is 0 Å². The SMILES string of the molecule is Cc1ccccc1C1=NOC(=O)C1=Cc1ccco1. The molecule has 0 saturated carbocycles. The molecule has 19 heavy (non-hydrogen) atoms. The largest absolute Gasteiger partial charge is 0.465 e. The first-order chi connectivity index (χ1) is 9.25. The highest BCUT2D eigenvalue weighted by molar-refractivity contribution is 6.31. The van der Waals surface area contributed by atoms with Gasteiger partial charge in [0.15, 0.2) is 0 Å². The van der Waals surface area contributed by atoms with Crippen LogP contribution in [0.1, 0.15) is 16.9 Å². The van der Waals surface area contributed by atoms with Crippen LogP contribution >= 0.6 is 0 Å². The van der Waals surface area contributed by atoms with Gasteiger partial charge in [0.1, 0.15) is 11.5 Å². The first-order valence-corrected chi connectivity index (χ1v) is 5.86. The minimum atomic E-state index is -0.463. The van der Waals surface area contributed by atoms with Crippen LogP contribution in [-0.2, 0) is 9.63 Å². The lowest BCUT2D eigenvalue weighted by Crippen LogP contribution is -2.08. The lowest BCUT2D eigenvalue weighted by atomic mass is 9.98. The van der Waals surface area contributed by atoms with E-state index in [2.05, 4.69) is 5.16 Å². The second kappa shape index (κ2) is 4.57. The molecular weight excluding hydrogens is 242 g/mol. The molecule has 4 heteroatoms. The highest BCUT2D eigenvalue weighted by atomic mass is 16.7. The van der Waals surface area contributed by atoms with E-state index in [1.54, 1.807) is 24.5 Å². The molecule has 0 unspecified atom stereocenters. The lowest BCUT2D eigenvalue weighted by molar-refractivity contribution is -0.136. The average Bonchev–Trinajstić information content (AvgIpc) is 3.03. The molecule has 0 amide bonds. The summed E-state index contributed by atoms with van der Waals surface area (Å²) in [5.74, 6) is 0.129. The van der Waals surface area contributed by atoms with Crippen molar-refractivity contribution in [1.82, 2.24) is 0 Å². The zero-order chi connectivity index (χ0) is 13.2. The maximum Gasteiger partial charge on any atom is 0.368 e. The molecule has 2 heterocycles. The molecule has 2 aromatic rings. The van der Waals surface area contributed by atoms with Gasteiger partial charge < -0.3 is 9.25 Å². The maximum atomic E-state index is 11.7. The third-order valence-electron chi connectivity index (χ3n) is 2.92. The fourth-order valence-corrected chi connectivity index (χ4v) is 1.96. The van der Waals surface area contributed by atoms with Gasteiger partial charge in [-0.1, -0.05) is 29.4 Å². The van der Waals surface area contributed by atoms with Crippen molar-refractivity contribution in [2.24, 2.45) is 5.16 Å². The van der Waals surface area contributed by atoms with Crippen LogP contribution in [0.5, 0.6) is 0 Å². The van der Waals surface area contributed by atoms with Gasteiger partial charge >= 0.3 is 5.97 Å². The average molecular weight is 253 g/mol. The molecule has 0 fully saturated rings. The molecule has 3 rings (SSSR count). The van der Waals surface area contributed by atoms with E-state index in [0.29, 0.717) is 17.0 Å². The molecule has 0 radical (unpaired) electrons. The first-order valence-electron chi connectivity index (χ1n) is 5.86. The molecular formula is C15H11NO3. The zero-order valence-corrected chi connectivity index (χ0v) is 10.3. The minimum Gasteiger partial charge on any atom is -0.465 e. The molecule has 0 aliphatic carbocycles. The summed E-state index contributed by atoms with van der Waals surface area (Å²) >= 11 is 0. The minimum absolute atomic E-state index is 0.407. The second-order valence-electron chi connectivity index (χ2n) is 4.21. The van der Waals surface area contributed by atoms with Crippen molar-refractivity contribution in [3.8, 4) is 0 Å². The third-order valence-corrected chi connectivity index (χ3v) is 2.92. The van der Waals surface area contributed by atoms with Crippen molar-refractivity contribution in [2.45, 2.75) is 6.92 Å². The highest BCUT2D eigenvalue weighted by Crippen LogP contribution is 2.22. The van der Waals surface area contributed by atoms with E-state index >= 15 is 0 Å². The number of oxime groups is 1. The van der Waals surface area contributed by atoms with Crippen LogP contribution < -0.4 is 0 Å².